The van der Waals surface area contributed by atoms with Gasteiger partial charge in [0.1, 0.15) is 5.58 Å². The molecule has 1 amide bonds. The standard InChI is InChI=1S/C16H19NO3/c1-10-2-3-14-12(9-20-15(14)4-10)7-16(19)17-8-11-5-13(18)6-11/h2-4,9,11,13,18H,5-8H2,1H3,(H,17,19). The molecule has 0 unspecified atom stereocenters. The van der Waals surface area contributed by atoms with Crippen LogP contribution in [-0.2, 0) is 11.2 Å². The zero-order valence-corrected chi connectivity index (χ0v) is 11.6. The Kier molecular flexibility index (Phi) is 3.49. The molecule has 1 saturated carbocycles. The molecule has 1 aliphatic rings. The molecule has 0 saturated heterocycles. The molecule has 20 heavy (non-hydrogen) atoms. The van der Waals surface area contributed by atoms with E-state index in [2.05, 4.69) is 5.32 Å². The van der Waals surface area contributed by atoms with Crippen molar-refractivity contribution in [1.82, 2.24) is 5.32 Å². The minimum atomic E-state index is -0.169. The molecule has 2 aromatic rings. The highest BCUT2D eigenvalue weighted by molar-refractivity contribution is 5.87. The van der Waals surface area contributed by atoms with Crippen LogP contribution < -0.4 is 5.32 Å². The number of aliphatic hydroxyl groups is 1. The number of hydrogen-bond acceptors (Lipinski definition) is 3. The molecule has 106 valence electrons. The lowest BCUT2D eigenvalue weighted by Crippen LogP contribution is -2.38. The van der Waals surface area contributed by atoms with Gasteiger partial charge < -0.3 is 14.8 Å². The van der Waals surface area contributed by atoms with Gasteiger partial charge in [-0.2, -0.15) is 0 Å². The van der Waals surface area contributed by atoms with E-state index in [4.69, 9.17) is 4.42 Å². The Morgan fingerprint density at radius 3 is 3.00 bits per heavy atom. The number of hydrogen-bond donors (Lipinski definition) is 2. The maximum absolute atomic E-state index is 11.9. The van der Waals surface area contributed by atoms with Crippen molar-refractivity contribution >= 4 is 16.9 Å². The predicted molar refractivity (Wildman–Crippen MR) is 76.4 cm³/mol. The second kappa shape index (κ2) is 5.29. The van der Waals surface area contributed by atoms with Crippen LogP contribution in [0.2, 0.25) is 0 Å². The molecule has 0 aliphatic heterocycles. The number of aliphatic hydroxyl groups excluding tert-OH is 1. The van der Waals surface area contributed by atoms with Gasteiger partial charge in [-0.05, 0) is 37.3 Å². The molecule has 1 aromatic carbocycles. The molecule has 1 aromatic heterocycles. The van der Waals surface area contributed by atoms with Gasteiger partial charge >= 0.3 is 0 Å². The second-order valence-corrected chi connectivity index (χ2v) is 5.73. The molecule has 0 radical (unpaired) electrons. The predicted octanol–water partition coefficient (Wildman–Crippen LogP) is 2.17. The Morgan fingerprint density at radius 1 is 1.45 bits per heavy atom. The first-order chi connectivity index (χ1) is 9.61. The van der Waals surface area contributed by atoms with E-state index >= 15 is 0 Å². The van der Waals surface area contributed by atoms with E-state index in [-0.39, 0.29) is 12.0 Å². The molecule has 0 spiro atoms. The molecule has 1 fully saturated rings. The molecular weight excluding hydrogens is 254 g/mol. The van der Waals surface area contributed by atoms with E-state index in [1.54, 1.807) is 6.26 Å². The highest BCUT2D eigenvalue weighted by atomic mass is 16.3. The van der Waals surface area contributed by atoms with Gasteiger partial charge in [-0.15, -0.1) is 0 Å². The monoisotopic (exact) mass is 273 g/mol. The maximum atomic E-state index is 11.9. The van der Waals surface area contributed by atoms with E-state index in [1.807, 2.05) is 25.1 Å². The van der Waals surface area contributed by atoms with E-state index in [0.717, 1.165) is 34.9 Å². The third-order valence-corrected chi connectivity index (χ3v) is 3.96. The quantitative estimate of drug-likeness (QED) is 0.897. The van der Waals surface area contributed by atoms with Crippen molar-refractivity contribution in [3.8, 4) is 0 Å². The van der Waals surface area contributed by atoms with Crippen LogP contribution in [0.25, 0.3) is 11.0 Å². The van der Waals surface area contributed by atoms with Crippen molar-refractivity contribution in [1.29, 1.82) is 0 Å². The Morgan fingerprint density at radius 2 is 2.25 bits per heavy atom. The van der Waals surface area contributed by atoms with E-state index < -0.39 is 0 Å². The van der Waals surface area contributed by atoms with Crippen LogP contribution in [0.3, 0.4) is 0 Å². The van der Waals surface area contributed by atoms with Crippen molar-refractivity contribution in [3.63, 3.8) is 0 Å². The first-order valence-corrected chi connectivity index (χ1v) is 7.03. The number of nitrogens with one attached hydrogen (secondary N) is 1. The van der Waals surface area contributed by atoms with Crippen LogP contribution in [0.15, 0.2) is 28.9 Å². The van der Waals surface area contributed by atoms with Gasteiger partial charge in [0.2, 0.25) is 5.91 Å². The summed E-state index contributed by atoms with van der Waals surface area (Å²) in [6.07, 6.45) is 3.43. The Balaban J connectivity index is 1.59. The summed E-state index contributed by atoms with van der Waals surface area (Å²) < 4.78 is 5.49. The van der Waals surface area contributed by atoms with Crippen LogP contribution in [-0.4, -0.2) is 23.7 Å². The molecule has 0 bridgehead atoms. The fourth-order valence-electron chi connectivity index (χ4n) is 2.69. The first-order valence-electron chi connectivity index (χ1n) is 7.03. The SMILES string of the molecule is Cc1ccc2c(CC(=O)NCC3CC(O)C3)coc2c1. The van der Waals surface area contributed by atoms with E-state index in [1.165, 1.54) is 0 Å². The number of furan rings is 1. The number of rotatable bonds is 4. The summed E-state index contributed by atoms with van der Waals surface area (Å²) in [7, 11) is 0. The van der Waals surface area contributed by atoms with Crippen LogP contribution >= 0.6 is 0 Å². The summed E-state index contributed by atoms with van der Waals surface area (Å²) in [6.45, 7) is 2.67. The third-order valence-electron chi connectivity index (χ3n) is 3.96. The number of carbonyl (C=O) groups is 1. The summed E-state index contributed by atoms with van der Waals surface area (Å²) in [4.78, 5) is 11.9. The van der Waals surface area contributed by atoms with Crippen molar-refractivity contribution < 1.29 is 14.3 Å². The van der Waals surface area contributed by atoms with Crippen LogP contribution in [0.5, 0.6) is 0 Å². The highest BCUT2D eigenvalue weighted by Crippen LogP contribution is 2.26. The average molecular weight is 273 g/mol. The van der Waals surface area contributed by atoms with Gasteiger partial charge in [0.15, 0.2) is 0 Å². The summed E-state index contributed by atoms with van der Waals surface area (Å²) in [5, 5.41) is 13.1. The van der Waals surface area contributed by atoms with E-state index in [0.29, 0.717) is 18.9 Å². The van der Waals surface area contributed by atoms with Crippen LogP contribution in [0.4, 0.5) is 0 Å². The van der Waals surface area contributed by atoms with Gasteiger partial charge in [-0.25, -0.2) is 0 Å². The fraction of sp³-hybridized carbons (Fsp3) is 0.438. The molecular formula is C16H19NO3. The van der Waals surface area contributed by atoms with Gasteiger partial charge in [-0.3, -0.25) is 4.79 Å². The van der Waals surface area contributed by atoms with Crippen molar-refractivity contribution in [2.45, 2.75) is 32.3 Å². The molecule has 1 heterocycles. The van der Waals surface area contributed by atoms with E-state index in [9.17, 15) is 9.90 Å². The fourth-order valence-corrected chi connectivity index (χ4v) is 2.69. The third kappa shape index (κ3) is 2.70. The Bertz CT molecular complexity index is 626. The number of benzene rings is 1. The zero-order chi connectivity index (χ0) is 14.1. The summed E-state index contributed by atoms with van der Waals surface area (Å²) >= 11 is 0. The molecule has 2 N–H and O–H groups in total. The second-order valence-electron chi connectivity index (χ2n) is 5.73. The van der Waals surface area contributed by atoms with Gasteiger partial charge in [-0.1, -0.05) is 12.1 Å². The lowest BCUT2D eigenvalue weighted by molar-refractivity contribution is -0.121. The highest BCUT2D eigenvalue weighted by Gasteiger charge is 2.27. The molecule has 1 aliphatic carbocycles. The number of carbonyl (C=O) groups excluding carboxylic acids is 1. The van der Waals surface area contributed by atoms with Crippen molar-refractivity contribution in [3.05, 3.63) is 35.6 Å². The van der Waals surface area contributed by atoms with Gasteiger partial charge in [0, 0.05) is 17.5 Å². The zero-order valence-electron chi connectivity index (χ0n) is 11.6. The minimum Gasteiger partial charge on any atom is -0.464 e. The smallest absolute Gasteiger partial charge is 0.224 e. The number of fused-ring (bicyclic) bond motifs is 1. The van der Waals surface area contributed by atoms with Crippen molar-refractivity contribution in [2.24, 2.45) is 5.92 Å². The Hall–Kier alpha value is -1.81. The lowest BCUT2D eigenvalue weighted by atomic mass is 9.82. The van der Waals surface area contributed by atoms with Crippen LogP contribution in [0.1, 0.15) is 24.0 Å². The molecule has 0 atom stereocenters. The summed E-state index contributed by atoms with van der Waals surface area (Å²) in [6, 6.07) is 6.00. The van der Waals surface area contributed by atoms with Gasteiger partial charge in [0.05, 0.1) is 18.8 Å². The normalized spacial score (nSPS) is 21.7. The minimum absolute atomic E-state index is 0.00895. The maximum Gasteiger partial charge on any atom is 0.224 e. The van der Waals surface area contributed by atoms with Crippen molar-refractivity contribution in [2.75, 3.05) is 6.54 Å². The molecule has 4 nitrogen and oxygen atoms in total. The number of aryl methyl sites for hydroxylation is 1. The van der Waals surface area contributed by atoms with Gasteiger partial charge in [0.25, 0.3) is 0 Å². The average Bonchev–Trinajstić information content (AvgIpc) is 2.75. The number of amides is 1. The summed E-state index contributed by atoms with van der Waals surface area (Å²) in [5.41, 5.74) is 2.90. The molecule has 3 rings (SSSR count). The topological polar surface area (TPSA) is 62.5 Å². The summed E-state index contributed by atoms with van der Waals surface area (Å²) in [5.74, 6) is 0.437. The lowest BCUT2D eigenvalue weighted by Gasteiger charge is -2.31. The van der Waals surface area contributed by atoms with Crippen LogP contribution in [0, 0.1) is 12.8 Å². The Labute approximate surface area is 117 Å². The first kappa shape index (κ1) is 13.2. The molecule has 4 heteroatoms. The largest absolute Gasteiger partial charge is 0.464 e.